The van der Waals surface area contributed by atoms with E-state index in [9.17, 15) is 4.79 Å². The first-order valence-electron chi connectivity index (χ1n) is 7.05. The summed E-state index contributed by atoms with van der Waals surface area (Å²) >= 11 is 0. The molecule has 0 fully saturated rings. The predicted octanol–water partition coefficient (Wildman–Crippen LogP) is 4.19. The van der Waals surface area contributed by atoms with Crippen LogP contribution in [0.15, 0.2) is 24.3 Å². The molecule has 0 aromatic heterocycles. The van der Waals surface area contributed by atoms with Crippen molar-refractivity contribution in [2.45, 2.75) is 52.9 Å². The van der Waals surface area contributed by atoms with Crippen molar-refractivity contribution in [3.8, 4) is 0 Å². The molecule has 0 N–H and O–H groups in total. The Hall–Kier alpha value is -1.11. The van der Waals surface area contributed by atoms with Crippen LogP contribution in [-0.2, 0) is 17.6 Å². The normalized spacial score (nSPS) is 19.4. The van der Waals surface area contributed by atoms with E-state index in [0.29, 0.717) is 5.78 Å². The fourth-order valence-corrected chi connectivity index (χ4v) is 2.67. The molecule has 1 aromatic rings. The van der Waals surface area contributed by atoms with E-state index in [0.717, 1.165) is 32.1 Å². The minimum Gasteiger partial charge on any atom is -0.299 e. The molecule has 0 spiro atoms. The maximum atomic E-state index is 12.3. The molecule has 2 rings (SSSR count). The second-order valence-electron chi connectivity index (χ2n) is 6.74. The fourth-order valence-electron chi connectivity index (χ4n) is 2.67. The molecule has 1 atom stereocenters. The summed E-state index contributed by atoms with van der Waals surface area (Å²) in [5.74, 6) is 0.738. The fraction of sp³-hybridized carbons (Fsp3) is 0.588. The van der Waals surface area contributed by atoms with Crippen LogP contribution in [0.1, 0.15) is 51.2 Å². The summed E-state index contributed by atoms with van der Waals surface area (Å²) in [6, 6.07) is 8.56. The second-order valence-corrected chi connectivity index (χ2v) is 6.74. The largest absolute Gasteiger partial charge is 0.299 e. The van der Waals surface area contributed by atoms with Gasteiger partial charge in [-0.15, -0.1) is 0 Å². The van der Waals surface area contributed by atoms with Gasteiger partial charge in [0.1, 0.15) is 5.78 Å². The molecule has 0 radical (unpaired) electrons. The number of hydrogen-bond acceptors (Lipinski definition) is 1. The molecule has 0 amide bonds. The summed E-state index contributed by atoms with van der Waals surface area (Å²) in [6.07, 6.45) is 4.82. The Balaban J connectivity index is 1.95. The molecule has 1 aromatic carbocycles. The summed E-state index contributed by atoms with van der Waals surface area (Å²) < 4.78 is 0. The topological polar surface area (TPSA) is 17.1 Å². The molecular weight excluding hydrogens is 220 g/mol. The summed E-state index contributed by atoms with van der Waals surface area (Å²) in [6.45, 7) is 6.61. The first-order chi connectivity index (χ1) is 8.46. The molecule has 0 aliphatic heterocycles. The van der Waals surface area contributed by atoms with Crippen molar-refractivity contribution in [1.29, 1.82) is 0 Å². The van der Waals surface area contributed by atoms with Gasteiger partial charge in [0, 0.05) is 12.3 Å². The lowest BCUT2D eigenvalue weighted by molar-refractivity contribution is -0.123. The zero-order chi connectivity index (χ0) is 13.2. The van der Waals surface area contributed by atoms with Gasteiger partial charge in [-0.1, -0.05) is 45.0 Å². The summed E-state index contributed by atoms with van der Waals surface area (Å²) in [4.78, 5) is 12.3. The van der Waals surface area contributed by atoms with Gasteiger partial charge in [-0.3, -0.25) is 4.79 Å². The van der Waals surface area contributed by atoms with Gasteiger partial charge in [-0.2, -0.15) is 0 Å². The van der Waals surface area contributed by atoms with Crippen molar-refractivity contribution < 1.29 is 4.79 Å². The van der Waals surface area contributed by atoms with E-state index in [2.05, 4.69) is 45.0 Å². The molecule has 1 aliphatic rings. The van der Waals surface area contributed by atoms with Gasteiger partial charge in [0.15, 0.2) is 0 Å². The van der Waals surface area contributed by atoms with Gasteiger partial charge < -0.3 is 0 Å². The molecule has 1 nitrogen and oxygen atoms in total. The number of rotatable bonds is 3. The Kier molecular flexibility index (Phi) is 3.89. The van der Waals surface area contributed by atoms with Crippen LogP contribution in [0.25, 0.3) is 0 Å². The molecule has 18 heavy (non-hydrogen) atoms. The standard InChI is InChI=1S/C17H24O/c1-17(2,3)11-10-16(18)15-9-8-13-6-4-5-7-14(13)12-15/h4-7,15H,8-12H2,1-3H3. The third kappa shape index (κ3) is 3.44. The van der Waals surface area contributed by atoms with Crippen molar-refractivity contribution in [3.63, 3.8) is 0 Å². The number of hydrogen-bond donors (Lipinski definition) is 0. The number of Topliss-reactive ketones (excluding diaryl/α,β-unsaturated/α-hetero) is 1. The van der Waals surface area contributed by atoms with Crippen LogP contribution in [0.3, 0.4) is 0 Å². The highest BCUT2D eigenvalue weighted by molar-refractivity contribution is 5.81. The van der Waals surface area contributed by atoms with Crippen molar-refractivity contribution >= 4 is 5.78 Å². The quantitative estimate of drug-likeness (QED) is 0.779. The Bertz CT molecular complexity index is 425. The summed E-state index contributed by atoms with van der Waals surface area (Å²) in [7, 11) is 0. The molecule has 98 valence electrons. The smallest absolute Gasteiger partial charge is 0.136 e. The van der Waals surface area contributed by atoms with E-state index in [4.69, 9.17) is 0 Å². The van der Waals surface area contributed by atoms with E-state index in [1.54, 1.807) is 0 Å². The molecule has 1 heteroatoms. The van der Waals surface area contributed by atoms with E-state index < -0.39 is 0 Å². The average molecular weight is 244 g/mol. The second kappa shape index (κ2) is 5.26. The Morgan fingerprint density at radius 3 is 2.56 bits per heavy atom. The average Bonchev–Trinajstić information content (AvgIpc) is 2.34. The van der Waals surface area contributed by atoms with Crippen LogP contribution in [0.5, 0.6) is 0 Å². The molecule has 1 aliphatic carbocycles. The summed E-state index contributed by atoms with van der Waals surface area (Å²) in [5.41, 5.74) is 3.10. The highest BCUT2D eigenvalue weighted by Crippen LogP contribution is 2.29. The van der Waals surface area contributed by atoms with Crippen molar-refractivity contribution in [3.05, 3.63) is 35.4 Å². The molecule has 0 saturated heterocycles. The summed E-state index contributed by atoms with van der Waals surface area (Å²) in [5, 5.41) is 0. The minimum absolute atomic E-state index is 0.266. The lowest BCUT2D eigenvalue weighted by Gasteiger charge is -2.25. The number of ketones is 1. The van der Waals surface area contributed by atoms with Gasteiger partial charge in [0.05, 0.1) is 0 Å². The monoisotopic (exact) mass is 244 g/mol. The molecule has 0 saturated carbocycles. The van der Waals surface area contributed by atoms with Crippen LogP contribution in [0.2, 0.25) is 0 Å². The number of aryl methyl sites for hydroxylation is 1. The van der Waals surface area contributed by atoms with E-state index in [-0.39, 0.29) is 11.3 Å². The van der Waals surface area contributed by atoms with Gasteiger partial charge in [0.25, 0.3) is 0 Å². The van der Waals surface area contributed by atoms with Crippen molar-refractivity contribution in [2.24, 2.45) is 11.3 Å². The minimum atomic E-state index is 0.266. The first-order valence-corrected chi connectivity index (χ1v) is 7.05. The lowest BCUT2D eigenvalue weighted by Crippen LogP contribution is -2.23. The highest BCUT2D eigenvalue weighted by atomic mass is 16.1. The van der Waals surface area contributed by atoms with Crippen LogP contribution in [0, 0.1) is 11.3 Å². The molecular formula is C17H24O. The van der Waals surface area contributed by atoms with Crippen molar-refractivity contribution in [1.82, 2.24) is 0 Å². The van der Waals surface area contributed by atoms with Gasteiger partial charge in [-0.25, -0.2) is 0 Å². The van der Waals surface area contributed by atoms with Crippen LogP contribution in [0.4, 0.5) is 0 Å². The lowest BCUT2D eigenvalue weighted by atomic mass is 9.79. The highest BCUT2D eigenvalue weighted by Gasteiger charge is 2.25. The van der Waals surface area contributed by atoms with Gasteiger partial charge >= 0.3 is 0 Å². The number of carbonyl (C=O) groups is 1. The van der Waals surface area contributed by atoms with Crippen molar-refractivity contribution in [2.75, 3.05) is 0 Å². The molecule has 1 unspecified atom stereocenters. The molecule has 0 heterocycles. The first kappa shape index (κ1) is 13.3. The van der Waals surface area contributed by atoms with E-state index in [1.165, 1.54) is 11.1 Å². The van der Waals surface area contributed by atoms with Gasteiger partial charge in [-0.05, 0) is 42.2 Å². The zero-order valence-corrected chi connectivity index (χ0v) is 11.8. The predicted molar refractivity (Wildman–Crippen MR) is 75.7 cm³/mol. The zero-order valence-electron chi connectivity index (χ0n) is 11.8. The molecule has 0 bridgehead atoms. The van der Waals surface area contributed by atoms with E-state index >= 15 is 0 Å². The number of fused-ring (bicyclic) bond motifs is 1. The van der Waals surface area contributed by atoms with Crippen LogP contribution >= 0.6 is 0 Å². The maximum Gasteiger partial charge on any atom is 0.136 e. The SMILES string of the molecule is CC(C)(C)CCC(=O)C1CCc2ccccc2C1. The van der Waals surface area contributed by atoms with Gasteiger partial charge in [0.2, 0.25) is 0 Å². The van der Waals surface area contributed by atoms with Crippen LogP contribution < -0.4 is 0 Å². The Morgan fingerprint density at radius 1 is 1.22 bits per heavy atom. The van der Waals surface area contributed by atoms with Crippen LogP contribution in [-0.4, -0.2) is 5.78 Å². The number of carbonyl (C=O) groups excluding carboxylic acids is 1. The number of benzene rings is 1. The third-order valence-electron chi connectivity index (χ3n) is 3.92. The maximum absolute atomic E-state index is 12.3. The third-order valence-corrected chi connectivity index (χ3v) is 3.92. The Morgan fingerprint density at radius 2 is 1.89 bits per heavy atom. The Labute approximate surface area is 111 Å². The van der Waals surface area contributed by atoms with E-state index in [1.807, 2.05) is 0 Å².